The Kier molecular flexibility index (Phi) is 2.56. The van der Waals surface area contributed by atoms with E-state index >= 15 is 0 Å². The third-order valence-electron chi connectivity index (χ3n) is 3.24. The van der Waals surface area contributed by atoms with Gasteiger partial charge in [-0.3, -0.25) is 4.79 Å². The lowest BCUT2D eigenvalue weighted by Gasteiger charge is -2.03. The molecule has 0 aliphatic carbocycles. The number of carbonyl (C=O) groups is 1. The second-order valence-electron chi connectivity index (χ2n) is 4.56. The molecule has 0 aliphatic heterocycles. The Morgan fingerprint density at radius 1 is 1.45 bits per heavy atom. The van der Waals surface area contributed by atoms with Gasteiger partial charge in [0.1, 0.15) is 30.2 Å². The van der Waals surface area contributed by atoms with E-state index in [1.807, 2.05) is 0 Å². The van der Waals surface area contributed by atoms with Crippen molar-refractivity contribution in [1.29, 1.82) is 0 Å². The van der Waals surface area contributed by atoms with Gasteiger partial charge in [-0.2, -0.15) is 0 Å². The first-order valence-corrected chi connectivity index (χ1v) is 5.89. The van der Waals surface area contributed by atoms with Gasteiger partial charge < -0.3 is 15.4 Å². The Morgan fingerprint density at radius 2 is 2.20 bits per heavy atom. The lowest BCUT2D eigenvalue weighted by molar-refractivity contribution is -0.137. The number of halogens is 1. The molecule has 0 spiro atoms. The lowest BCUT2D eigenvalue weighted by Crippen LogP contribution is -2.09. The molecule has 0 unspecified atom stereocenters. The molecule has 2 aromatic heterocycles. The quantitative estimate of drug-likeness (QED) is 0.741. The lowest BCUT2D eigenvalue weighted by atomic mass is 10.1. The number of nitrogens with zero attached hydrogens (tertiary/aromatic N) is 3. The van der Waals surface area contributed by atoms with Crippen LogP contribution in [-0.4, -0.2) is 25.6 Å². The molecule has 2 heterocycles. The first-order chi connectivity index (χ1) is 9.49. The molecular formula is C13H11FN4O2. The Balaban J connectivity index is 2.52. The van der Waals surface area contributed by atoms with Crippen LogP contribution in [0.3, 0.4) is 0 Å². The van der Waals surface area contributed by atoms with Crippen LogP contribution in [0.5, 0.6) is 0 Å². The number of hydrogen-bond acceptors (Lipinski definition) is 4. The van der Waals surface area contributed by atoms with E-state index in [0.29, 0.717) is 27.5 Å². The molecule has 7 heteroatoms. The molecule has 0 saturated carbocycles. The number of aromatic nitrogens is 3. The topological polar surface area (TPSA) is 94.0 Å². The van der Waals surface area contributed by atoms with Crippen molar-refractivity contribution in [3.63, 3.8) is 0 Å². The molecule has 0 bridgehead atoms. The van der Waals surface area contributed by atoms with Gasteiger partial charge >= 0.3 is 5.97 Å². The highest BCUT2D eigenvalue weighted by molar-refractivity contribution is 6.11. The van der Waals surface area contributed by atoms with Crippen LogP contribution in [0, 0.1) is 12.7 Å². The number of nitrogens with two attached hydrogens (primary N) is 1. The number of benzene rings is 1. The maximum Gasteiger partial charge on any atom is 0.323 e. The van der Waals surface area contributed by atoms with E-state index in [1.54, 1.807) is 13.0 Å². The standard InChI is InChI=1S/C13H11FN4O2/c1-6-2-9-7(3-8(6)14)11-12(15)16-5-17-13(11)18(9)4-10(19)20/h2-3,5H,4H2,1H3,(H,19,20)(H2,15,16,17). The number of aryl methyl sites for hydroxylation is 1. The Hall–Kier alpha value is -2.70. The molecule has 3 aromatic rings. The molecule has 0 amide bonds. The number of nitrogen functional groups attached to an aromatic ring is 1. The number of aliphatic carboxylic acids is 1. The Bertz CT molecular complexity index is 857. The summed E-state index contributed by atoms with van der Waals surface area (Å²) in [7, 11) is 0. The van der Waals surface area contributed by atoms with Crippen LogP contribution in [0.2, 0.25) is 0 Å². The highest BCUT2D eigenvalue weighted by Gasteiger charge is 2.17. The molecule has 0 fully saturated rings. The average Bonchev–Trinajstić information content (AvgIpc) is 2.66. The van der Waals surface area contributed by atoms with Crippen LogP contribution in [-0.2, 0) is 11.3 Å². The van der Waals surface area contributed by atoms with Crippen molar-refractivity contribution in [1.82, 2.24) is 14.5 Å². The van der Waals surface area contributed by atoms with E-state index in [-0.39, 0.29) is 18.2 Å². The summed E-state index contributed by atoms with van der Waals surface area (Å²) in [5, 5.41) is 10.0. The minimum Gasteiger partial charge on any atom is -0.480 e. The predicted molar refractivity (Wildman–Crippen MR) is 71.8 cm³/mol. The molecule has 0 aliphatic rings. The monoisotopic (exact) mass is 274 g/mol. The molecule has 0 atom stereocenters. The summed E-state index contributed by atoms with van der Waals surface area (Å²) < 4.78 is 15.3. The van der Waals surface area contributed by atoms with Crippen molar-refractivity contribution in [2.45, 2.75) is 13.5 Å². The van der Waals surface area contributed by atoms with Crippen LogP contribution >= 0.6 is 0 Å². The zero-order valence-electron chi connectivity index (χ0n) is 10.6. The zero-order chi connectivity index (χ0) is 14.4. The number of anilines is 1. The molecule has 3 N–H and O–H groups in total. The van der Waals surface area contributed by atoms with Crippen molar-refractivity contribution >= 4 is 33.7 Å². The summed E-state index contributed by atoms with van der Waals surface area (Å²) in [6.07, 6.45) is 1.26. The largest absolute Gasteiger partial charge is 0.480 e. The van der Waals surface area contributed by atoms with Crippen LogP contribution in [0.4, 0.5) is 10.2 Å². The van der Waals surface area contributed by atoms with Gasteiger partial charge in [-0.15, -0.1) is 0 Å². The SMILES string of the molecule is Cc1cc2c(cc1F)c1c(N)ncnc1n2CC(=O)O. The average molecular weight is 274 g/mol. The van der Waals surface area contributed by atoms with E-state index in [4.69, 9.17) is 10.8 Å². The summed E-state index contributed by atoms with van der Waals surface area (Å²) in [5.74, 6) is -1.19. The molecule has 6 nitrogen and oxygen atoms in total. The van der Waals surface area contributed by atoms with Gasteiger partial charge in [-0.05, 0) is 24.6 Å². The second kappa shape index (κ2) is 4.16. The third kappa shape index (κ3) is 1.67. The van der Waals surface area contributed by atoms with Gasteiger partial charge in [-0.1, -0.05) is 0 Å². The summed E-state index contributed by atoms with van der Waals surface area (Å²) in [6, 6.07) is 2.93. The molecular weight excluding hydrogens is 263 g/mol. The van der Waals surface area contributed by atoms with E-state index in [1.165, 1.54) is 17.0 Å². The second-order valence-corrected chi connectivity index (χ2v) is 4.56. The molecule has 20 heavy (non-hydrogen) atoms. The summed E-state index contributed by atoms with van der Waals surface area (Å²) in [5.41, 5.74) is 7.22. The van der Waals surface area contributed by atoms with Crippen molar-refractivity contribution in [2.75, 3.05) is 5.73 Å². The molecule has 0 radical (unpaired) electrons. The highest BCUT2D eigenvalue weighted by Crippen LogP contribution is 2.32. The maximum atomic E-state index is 13.8. The first-order valence-electron chi connectivity index (χ1n) is 5.89. The zero-order valence-corrected chi connectivity index (χ0v) is 10.6. The Morgan fingerprint density at radius 3 is 2.90 bits per heavy atom. The van der Waals surface area contributed by atoms with Crippen molar-refractivity contribution in [3.8, 4) is 0 Å². The first kappa shape index (κ1) is 12.3. The molecule has 0 saturated heterocycles. The minimum absolute atomic E-state index is 0.201. The van der Waals surface area contributed by atoms with E-state index < -0.39 is 5.97 Å². The van der Waals surface area contributed by atoms with Gasteiger partial charge in [0, 0.05) is 5.39 Å². The molecule has 3 rings (SSSR count). The normalized spacial score (nSPS) is 11.3. The third-order valence-corrected chi connectivity index (χ3v) is 3.24. The van der Waals surface area contributed by atoms with Crippen LogP contribution in [0.15, 0.2) is 18.5 Å². The fraction of sp³-hybridized carbons (Fsp3) is 0.154. The van der Waals surface area contributed by atoms with E-state index in [2.05, 4.69) is 9.97 Å². The van der Waals surface area contributed by atoms with Crippen molar-refractivity contribution < 1.29 is 14.3 Å². The summed E-state index contributed by atoms with van der Waals surface area (Å²) in [6.45, 7) is 1.34. The van der Waals surface area contributed by atoms with Gasteiger partial charge in [0.25, 0.3) is 0 Å². The smallest absolute Gasteiger partial charge is 0.323 e. The number of carboxylic acid groups (broad SMARTS) is 1. The van der Waals surface area contributed by atoms with Crippen LogP contribution < -0.4 is 5.73 Å². The van der Waals surface area contributed by atoms with Crippen molar-refractivity contribution in [2.24, 2.45) is 0 Å². The summed E-state index contributed by atoms with van der Waals surface area (Å²) in [4.78, 5) is 19.0. The Labute approximate surface area is 112 Å². The van der Waals surface area contributed by atoms with E-state index in [9.17, 15) is 9.18 Å². The van der Waals surface area contributed by atoms with E-state index in [0.717, 1.165) is 0 Å². The van der Waals surface area contributed by atoms with Gasteiger partial charge in [-0.25, -0.2) is 14.4 Å². The molecule has 1 aromatic carbocycles. The van der Waals surface area contributed by atoms with Gasteiger partial charge in [0.2, 0.25) is 0 Å². The van der Waals surface area contributed by atoms with Crippen LogP contribution in [0.1, 0.15) is 5.56 Å². The van der Waals surface area contributed by atoms with Gasteiger partial charge in [0.05, 0.1) is 10.9 Å². The highest BCUT2D eigenvalue weighted by atomic mass is 19.1. The fourth-order valence-electron chi connectivity index (χ4n) is 2.35. The minimum atomic E-state index is -1.01. The number of rotatable bonds is 2. The van der Waals surface area contributed by atoms with Gasteiger partial charge in [0.15, 0.2) is 0 Å². The predicted octanol–water partition coefficient (Wildman–Crippen LogP) is 1.70. The number of carboxylic acids is 1. The summed E-state index contributed by atoms with van der Waals surface area (Å²) >= 11 is 0. The van der Waals surface area contributed by atoms with Crippen molar-refractivity contribution in [3.05, 3.63) is 29.8 Å². The maximum absolute atomic E-state index is 13.8. The van der Waals surface area contributed by atoms with Crippen LogP contribution in [0.25, 0.3) is 21.9 Å². The number of hydrogen-bond donors (Lipinski definition) is 2. The number of fused-ring (bicyclic) bond motifs is 3. The molecule has 102 valence electrons. The fourth-order valence-corrected chi connectivity index (χ4v) is 2.35.